The molecule has 26 heavy (non-hydrogen) atoms. The number of amides is 1. The van der Waals surface area contributed by atoms with Gasteiger partial charge in [0.25, 0.3) is 0 Å². The van der Waals surface area contributed by atoms with Crippen molar-refractivity contribution in [3.63, 3.8) is 0 Å². The van der Waals surface area contributed by atoms with E-state index in [1.165, 1.54) is 18.2 Å². The lowest BCUT2D eigenvalue weighted by molar-refractivity contribution is 0.0929. The molecule has 0 aliphatic carbocycles. The van der Waals surface area contributed by atoms with E-state index in [0.717, 1.165) is 22.4 Å². The Morgan fingerprint density at radius 1 is 1.08 bits per heavy atom. The third-order valence-corrected chi connectivity index (χ3v) is 4.34. The summed E-state index contributed by atoms with van der Waals surface area (Å²) in [5.74, 6) is -0.937. The highest BCUT2D eigenvalue weighted by atomic mass is 35.5. The molecule has 4 nitrogen and oxygen atoms in total. The van der Waals surface area contributed by atoms with Gasteiger partial charge < -0.3 is 4.42 Å². The van der Waals surface area contributed by atoms with Crippen molar-refractivity contribution in [3.8, 4) is 0 Å². The van der Waals surface area contributed by atoms with Gasteiger partial charge in [0.1, 0.15) is 11.4 Å². The second kappa shape index (κ2) is 6.61. The Hall–Kier alpha value is -3.18. The highest BCUT2D eigenvalue weighted by Crippen LogP contribution is 2.28. The summed E-state index contributed by atoms with van der Waals surface area (Å²) in [6.07, 6.45) is 1.16. The minimum atomic E-state index is -0.533. The lowest BCUT2D eigenvalue weighted by Gasteiger charge is -1.99. The Bertz CT molecular complexity index is 1150. The highest BCUT2D eigenvalue weighted by Gasteiger charge is 2.13. The Labute approximate surface area is 152 Å². The van der Waals surface area contributed by atoms with Gasteiger partial charge in [0.15, 0.2) is 5.76 Å². The summed E-state index contributed by atoms with van der Waals surface area (Å²) in [6.45, 7) is 0. The van der Waals surface area contributed by atoms with Crippen molar-refractivity contribution in [1.29, 1.82) is 0 Å². The average molecular weight is 367 g/mol. The second-order valence-corrected chi connectivity index (χ2v) is 6.05. The number of benzene rings is 3. The van der Waals surface area contributed by atoms with E-state index in [-0.39, 0.29) is 16.3 Å². The number of hydrogen-bond donors (Lipinski definition) is 1. The van der Waals surface area contributed by atoms with Crippen LogP contribution in [0.3, 0.4) is 0 Å². The molecule has 4 aromatic rings. The molecule has 3 aromatic carbocycles. The zero-order chi connectivity index (χ0) is 18.1. The topological polar surface area (TPSA) is 54.6 Å². The van der Waals surface area contributed by atoms with Gasteiger partial charge in [-0.2, -0.15) is 5.10 Å². The van der Waals surface area contributed by atoms with Crippen LogP contribution in [0.15, 0.2) is 70.2 Å². The quantitative estimate of drug-likeness (QED) is 0.403. The molecule has 0 aliphatic heterocycles. The number of carbonyl (C=O) groups excluding carboxylic acids is 1. The lowest BCUT2D eigenvalue weighted by atomic mass is 10.1. The third kappa shape index (κ3) is 2.93. The number of fused-ring (bicyclic) bond motifs is 3. The molecule has 1 N–H and O–H groups in total. The maximum absolute atomic E-state index is 13.7. The van der Waals surface area contributed by atoms with E-state index in [9.17, 15) is 9.18 Å². The molecule has 0 bridgehead atoms. The van der Waals surface area contributed by atoms with Crippen LogP contribution in [-0.4, -0.2) is 12.1 Å². The number of nitrogens with zero attached hydrogens (tertiary/aromatic N) is 1. The maximum atomic E-state index is 13.7. The molecule has 0 saturated carbocycles. The van der Waals surface area contributed by atoms with Crippen LogP contribution in [0.1, 0.15) is 16.1 Å². The van der Waals surface area contributed by atoms with Crippen LogP contribution in [-0.2, 0) is 0 Å². The normalized spacial score (nSPS) is 11.5. The monoisotopic (exact) mass is 366 g/mol. The van der Waals surface area contributed by atoms with E-state index in [1.807, 2.05) is 36.4 Å². The molecule has 0 saturated heterocycles. The fourth-order valence-electron chi connectivity index (χ4n) is 2.75. The molecule has 6 heteroatoms. The van der Waals surface area contributed by atoms with E-state index in [0.29, 0.717) is 5.58 Å². The number of halogens is 2. The van der Waals surface area contributed by atoms with E-state index >= 15 is 0 Å². The summed E-state index contributed by atoms with van der Waals surface area (Å²) >= 11 is 5.91. The van der Waals surface area contributed by atoms with Crippen LogP contribution in [0.4, 0.5) is 4.39 Å². The molecule has 0 spiro atoms. The van der Waals surface area contributed by atoms with Crippen molar-refractivity contribution in [2.45, 2.75) is 0 Å². The first-order valence-electron chi connectivity index (χ1n) is 7.82. The number of nitrogens with one attached hydrogen (secondary N) is 1. The van der Waals surface area contributed by atoms with Gasteiger partial charge in [-0.05, 0) is 35.0 Å². The Morgan fingerprint density at radius 2 is 1.92 bits per heavy atom. The van der Waals surface area contributed by atoms with Crippen molar-refractivity contribution < 1.29 is 13.6 Å². The first-order valence-corrected chi connectivity index (χ1v) is 8.20. The minimum absolute atomic E-state index is 0.102. The summed E-state index contributed by atoms with van der Waals surface area (Å²) in [7, 11) is 0. The Kier molecular flexibility index (Phi) is 4.14. The molecule has 0 radical (unpaired) electrons. The number of carbonyl (C=O) groups is 1. The van der Waals surface area contributed by atoms with Crippen LogP contribution >= 0.6 is 11.6 Å². The third-order valence-electron chi connectivity index (χ3n) is 4.01. The molecule has 4 rings (SSSR count). The van der Waals surface area contributed by atoms with E-state index < -0.39 is 11.7 Å². The van der Waals surface area contributed by atoms with Gasteiger partial charge in [0, 0.05) is 10.9 Å². The standard InChI is InChI=1S/C20H12ClFN2O2/c21-16-6-3-7-17(22)15(16)11-23-24-20(25)19-10-14-13-5-2-1-4-12(13)8-9-18(14)26-19/h1-11H,(H,24,25). The molecular formula is C20H12ClFN2O2. The predicted octanol–water partition coefficient (Wildman–Crippen LogP) is 5.14. The van der Waals surface area contributed by atoms with Gasteiger partial charge in [-0.25, -0.2) is 9.82 Å². The number of hydrogen-bond acceptors (Lipinski definition) is 3. The number of hydrazone groups is 1. The Morgan fingerprint density at radius 3 is 2.77 bits per heavy atom. The lowest BCUT2D eigenvalue weighted by Crippen LogP contribution is -2.16. The molecule has 0 aliphatic rings. The summed E-state index contributed by atoms with van der Waals surface area (Å²) in [4.78, 5) is 12.3. The van der Waals surface area contributed by atoms with Crippen LogP contribution in [0.2, 0.25) is 5.02 Å². The van der Waals surface area contributed by atoms with Gasteiger partial charge in [0.2, 0.25) is 0 Å². The molecule has 0 unspecified atom stereocenters. The van der Waals surface area contributed by atoms with E-state index in [4.69, 9.17) is 16.0 Å². The van der Waals surface area contributed by atoms with Crippen LogP contribution < -0.4 is 5.43 Å². The summed E-state index contributed by atoms with van der Waals surface area (Å²) in [5.41, 5.74) is 3.03. The molecule has 1 amide bonds. The van der Waals surface area contributed by atoms with Crippen molar-refractivity contribution in [2.75, 3.05) is 0 Å². The van der Waals surface area contributed by atoms with Crippen molar-refractivity contribution in [3.05, 3.63) is 82.8 Å². The number of furan rings is 1. The summed E-state index contributed by atoms with van der Waals surface area (Å²) < 4.78 is 19.3. The SMILES string of the molecule is O=C(NN=Cc1c(F)cccc1Cl)c1cc2c(ccc3ccccc32)o1. The minimum Gasteiger partial charge on any atom is -0.451 e. The van der Waals surface area contributed by atoms with Crippen LogP contribution in [0, 0.1) is 5.82 Å². The van der Waals surface area contributed by atoms with Gasteiger partial charge in [-0.3, -0.25) is 4.79 Å². The number of rotatable bonds is 3. The first-order chi connectivity index (χ1) is 12.6. The van der Waals surface area contributed by atoms with Crippen molar-refractivity contribution in [2.24, 2.45) is 5.10 Å². The molecule has 0 atom stereocenters. The van der Waals surface area contributed by atoms with Crippen LogP contribution in [0.5, 0.6) is 0 Å². The second-order valence-electron chi connectivity index (χ2n) is 5.64. The van der Waals surface area contributed by atoms with Gasteiger partial charge >= 0.3 is 5.91 Å². The fourth-order valence-corrected chi connectivity index (χ4v) is 2.96. The summed E-state index contributed by atoms with van der Waals surface area (Å²) in [5, 5.41) is 6.86. The maximum Gasteiger partial charge on any atom is 0.307 e. The van der Waals surface area contributed by atoms with Crippen LogP contribution in [0.25, 0.3) is 21.7 Å². The van der Waals surface area contributed by atoms with E-state index in [2.05, 4.69) is 10.5 Å². The molecule has 1 aromatic heterocycles. The fraction of sp³-hybridized carbons (Fsp3) is 0. The Balaban J connectivity index is 1.60. The van der Waals surface area contributed by atoms with Gasteiger partial charge in [0.05, 0.1) is 11.2 Å². The zero-order valence-corrected chi connectivity index (χ0v) is 14.1. The smallest absolute Gasteiger partial charge is 0.307 e. The average Bonchev–Trinajstić information content (AvgIpc) is 3.09. The van der Waals surface area contributed by atoms with Gasteiger partial charge in [-0.1, -0.05) is 48.0 Å². The van der Waals surface area contributed by atoms with Crippen molar-refractivity contribution in [1.82, 2.24) is 5.43 Å². The molecule has 0 fully saturated rings. The highest BCUT2D eigenvalue weighted by molar-refractivity contribution is 6.33. The van der Waals surface area contributed by atoms with E-state index in [1.54, 1.807) is 6.07 Å². The van der Waals surface area contributed by atoms with Gasteiger partial charge in [-0.15, -0.1) is 0 Å². The predicted molar refractivity (Wildman–Crippen MR) is 100 cm³/mol. The molecule has 128 valence electrons. The summed E-state index contributed by atoms with van der Waals surface area (Å²) in [6, 6.07) is 17.5. The first kappa shape index (κ1) is 16.3. The zero-order valence-electron chi connectivity index (χ0n) is 13.4. The molecule has 1 heterocycles. The molecular weight excluding hydrogens is 355 g/mol. The van der Waals surface area contributed by atoms with Crippen molar-refractivity contribution >= 4 is 45.5 Å². The largest absolute Gasteiger partial charge is 0.451 e.